The number of carboxylic acids is 1. The van der Waals surface area contributed by atoms with Crippen molar-refractivity contribution in [1.82, 2.24) is 57.9 Å². The maximum absolute atomic E-state index is 14.2. The van der Waals surface area contributed by atoms with Crippen LogP contribution in [0.1, 0.15) is 157 Å². The maximum atomic E-state index is 14.2. The fourth-order valence-corrected chi connectivity index (χ4v) is 15.0. The van der Waals surface area contributed by atoms with Crippen molar-refractivity contribution in [1.29, 1.82) is 0 Å². The van der Waals surface area contributed by atoms with Crippen LogP contribution >= 0.6 is 0 Å². The highest BCUT2D eigenvalue weighted by Crippen LogP contribution is 2.49. The molecule has 2 saturated carbocycles. The van der Waals surface area contributed by atoms with Crippen molar-refractivity contribution in [2.75, 3.05) is 40.3 Å². The summed E-state index contributed by atoms with van der Waals surface area (Å²) in [5.41, 5.74) is 12.7. The van der Waals surface area contributed by atoms with E-state index in [1.165, 1.54) is 50.9 Å². The van der Waals surface area contributed by atoms with Gasteiger partial charge in [0.1, 0.15) is 0 Å². The van der Waals surface area contributed by atoms with Crippen LogP contribution < -0.4 is 4.72 Å². The van der Waals surface area contributed by atoms with Crippen LogP contribution in [0.3, 0.4) is 0 Å². The predicted octanol–water partition coefficient (Wildman–Crippen LogP) is 10.7. The first-order valence-electron chi connectivity index (χ1n) is 30.5. The highest BCUT2D eigenvalue weighted by atomic mass is 32.2. The van der Waals surface area contributed by atoms with Gasteiger partial charge in [0.05, 0.1) is 54.5 Å². The van der Waals surface area contributed by atoms with E-state index in [2.05, 4.69) is 70.9 Å². The second-order valence-electron chi connectivity index (χ2n) is 24.2. The number of carbonyl (C=O) groups is 4. The zero-order chi connectivity index (χ0) is 59.2. The molecule has 2 aliphatic carbocycles. The molecule has 6 aliphatic rings. The van der Waals surface area contributed by atoms with E-state index in [1.54, 1.807) is 36.7 Å². The van der Waals surface area contributed by atoms with Gasteiger partial charge in [0.15, 0.2) is 0 Å². The standard InChI is InChI=1S/C34H39N7O4S.C32H33N5O3/c1-38(2)46(44,45)36-33(42)25-12-13-29-30(21-25)40-22-26(34(43)39-17-14-27(15-18-39)41-19-16-35-37-41)20-24-10-6-7-11-28(24)32(40)31(29)23-8-4-3-5-9-23;38-31(35-15-12-25(13-16-35)37-17-14-33-34-37)24-18-22-8-4-5-9-26(22)30-29(21-6-2-1-3-7-21)27-11-10-23(32(39)40)19-28(27)36(30)20-24/h6-7,10-13,16,19-21,23,27H,3-5,8-9,14-15,17-18,22H2,1-2H3,(H,36,42);4-5,8-11,14,17-19,21,25H,1-3,6-7,12-13,15-16,20H2,(H,39,40). The minimum atomic E-state index is -3.97. The van der Waals surface area contributed by atoms with Gasteiger partial charge in [-0.05, 0) is 122 Å². The lowest BCUT2D eigenvalue weighted by molar-refractivity contribution is -0.129. The smallest absolute Gasteiger partial charge is 0.335 e. The molecule has 2 saturated heterocycles. The Morgan fingerprint density at radius 3 is 1.41 bits per heavy atom. The maximum Gasteiger partial charge on any atom is 0.335 e. The Morgan fingerprint density at radius 1 is 0.558 bits per heavy atom. The van der Waals surface area contributed by atoms with Crippen molar-refractivity contribution in [3.05, 3.63) is 154 Å². The second-order valence-corrected chi connectivity index (χ2v) is 26.1. The molecule has 0 spiro atoms. The van der Waals surface area contributed by atoms with Crippen LogP contribution in [0, 0.1) is 0 Å². The largest absolute Gasteiger partial charge is 0.478 e. The summed E-state index contributed by atoms with van der Waals surface area (Å²) in [6.07, 6.45) is 26.2. The van der Waals surface area contributed by atoms with Crippen LogP contribution in [0.25, 0.3) is 56.5 Å². The molecule has 19 nitrogen and oxygen atoms in total. The average molecular weight is 1180 g/mol. The van der Waals surface area contributed by atoms with Gasteiger partial charge in [0, 0.05) is 102 Å². The van der Waals surface area contributed by atoms with Crippen LogP contribution in [-0.4, -0.2) is 131 Å². The zero-order valence-corrected chi connectivity index (χ0v) is 49.5. The van der Waals surface area contributed by atoms with Gasteiger partial charge in [0.2, 0.25) is 0 Å². The Balaban J connectivity index is 0.000000161. The summed E-state index contributed by atoms with van der Waals surface area (Å²) < 4.78 is 36.3. The molecule has 8 aromatic rings. The van der Waals surface area contributed by atoms with Gasteiger partial charge in [-0.2, -0.15) is 12.7 Å². The minimum Gasteiger partial charge on any atom is -0.478 e. The van der Waals surface area contributed by atoms with Crippen LogP contribution in [0.2, 0.25) is 0 Å². The average Bonchev–Trinajstić information content (AvgIpc) is 1.69. The van der Waals surface area contributed by atoms with Crippen LogP contribution in [-0.2, 0) is 32.9 Å². The number of benzene rings is 4. The molecule has 0 unspecified atom stereocenters. The Bertz CT molecular complexity index is 4080. The molecule has 86 heavy (non-hydrogen) atoms. The quantitative estimate of drug-likeness (QED) is 0.131. The zero-order valence-electron chi connectivity index (χ0n) is 48.7. The highest BCUT2D eigenvalue weighted by Gasteiger charge is 2.36. The number of amides is 3. The molecule has 4 fully saturated rings. The normalized spacial score (nSPS) is 18.0. The van der Waals surface area contributed by atoms with E-state index >= 15 is 0 Å². The summed E-state index contributed by atoms with van der Waals surface area (Å²) in [4.78, 5) is 57.4. The van der Waals surface area contributed by atoms with Gasteiger partial charge in [0.25, 0.3) is 17.7 Å². The van der Waals surface area contributed by atoms with Gasteiger partial charge in [-0.1, -0.05) is 110 Å². The number of carbonyl (C=O) groups excluding carboxylic acids is 3. The lowest BCUT2D eigenvalue weighted by Crippen LogP contribution is -2.40. The van der Waals surface area contributed by atoms with E-state index in [9.17, 15) is 32.7 Å². The van der Waals surface area contributed by atoms with Crippen molar-refractivity contribution in [3.8, 4) is 22.5 Å². The molecule has 444 valence electrons. The van der Waals surface area contributed by atoms with Gasteiger partial charge in [-0.3, -0.25) is 14.4 Å². The highest BCUT2D eigenvalue weighted by molar-refractivity contribution is 7.87. The molecule has 2 N–H and O–H groups in total. The minimum absolute atomic E-state index is 0.00623. The Labute approximate surface area is 500 Å². The number of rotatable bonds is 10. The SMILES string of the molecule is CN(C)S(=O)(=O)NC(=O)c1ccc2c(C3CCCCC3)c3n(c2c1)CC(C(=O)N1CCC(n2ccnn2)CC1)=Cc1ccccc1-3.O=C(O)c1ccc2c(C3CCCCC3)c3n(c2c1)CC(C(=O)N1CCC(n2ccnn2)CC1)=Cc1ccccc1-3. The van der Waals surface area contributed by atoms with Crippen molar-refractivity contribution in [2.24, 2.45) is 0 Å². The number of nitrogens with one attached hydrogen (secondary N) is 1. The Kier molecular flexibility index (Phi) is 15.6. The van der Waals surface area contributed by atoms with Crippen LogP contribution in [0.15, 0.2) is 121 Å². The third kappa shape index (κ3) is 10.9. The van der Waals surface area contributed by atoms with E-state index in [0.29, 0.717) is 56.7 Å². The van der Waals surface area contributed by atoms with Gasteiger partial charge in [-0.15, -0.1) is 10.2 Å². The summed E-state index contributed by atoms with van der Waals surface area (Å²) in [7, 11) is -1.21. The molecule has 4 aromatic carbocycles. The molecule has 8 heterocycles. The first-order valence-corrected chi connectivity index (χ1v) is 31.9. The number of aromatic carboxylic acids is 1. The van der Waals surface area contributed by atoms with Crippen LogP contribution in [0.5, 0.6) is 0 Å². The Morgan fingerprint density at radius 2 is 0.988 bits per heavy atom. The van der Waals surface area contributed by atoms with E-state index in [1.807, 2.05) is 68.0 Å². The number of likely N-dealkylation sites (tertiary alicyclic amines) is 2. The molecule has 0 radical (unpaired) electrons. The van der Waals surface area contributed by atoms with Gasteiger partial charge < -0.3 is 24.0 Å². The number of nitrogens with zero attached hydrogens (tertiary/aromatic N) is 11. The van der Waals surface area contributed by atoms with Gasteiger partial charge in [-0.25, -0.2) is 18.9 Å². The van der Waals surface area contributed by atoms with Crippen molar-refractivity contribution < 1.29 is 32.7 Å². The molecule has 4 aliphatic heterocycles. The Hall–Kier alpha value is -8.49. The summed E-state index contributed by atoms with van der Waals surface area (Å²) in [5, 5.41) is 28.2. The summed E-state index contributed by atoms with van der Waals surface area (Å²) in [5.74, 6) is -0.803. The summed E-state index contributed by atoms with van der Waals surface area (Å²) >= 11 is 0. The third-order valence-electron chi connectivity index (χ3n) is 18.9. The molecular formula is C66H72N12O7S. The third-order valence-corrected chi connectivity index (χ3v) is 20.3. The van der Waals surface area contributed by atoms with E-state index in [0.717, 1.165) is 130 Å². The molecule has 0 bridgehead atoms. The van der Waals surface area contributed by atoms with Crippen molar-refractivity contribution in [3.63, 3.8) is 0 Å². The molecule has 14 rings (SSSR count). The number of piperidine rings is 2. The fraction of sp³-hybridized carbons (Fsp3) is 0.394. The number of hydrogen-bond acceptors (Lipinski definition) is 10. The predicted molar refractivity (Wildman–Crippen MR) is 329 cm³/mol. The summed E-state index contributed by atoms with van der Waals surface area (Å²) in [6, 6.07) is 28.0. The molecule has 3 amide bonds. The number of hydrogen-bond donors (Lipinski definition) is 2. The van der Waals surface area contributed by atoms with E-state index < -0.39 is 22.1 Å². The number of carboxylic acid groups (broad SMARTS) is 1. The first-order chi connectivity index (χ1) is 41.8. The fourth-order valence-electron chi connectivity index (χ4n) is 14.5. The lowest BCUT2D eigenvalue weighted by atomic mass is 9.81. The summed E-state index contributed by atoms with van der Waals surface area (Å²) in [6.45, 7) is 3.34. The molecule has 20 heteroatoms. The first kappa shape index (κ1) is 56.6. The molecular weight excluding hydrogens is 1100 g/mol. The monoisotopic (exact) mass is 1180 g/mol. The van der Waals surface area contributed by atoms with Crippen molar-refractivity contribution >= 4 is 67.9 Å². The second kappa shape index (κ2) is 23.8. The topological polar surface area (TPSA) is 216 Å². The van der Waals surface area contributed by atoms with Crippen molar-refractivity contribution in [2.45, 2.75) is 127 Å². The molecule has 4 aromatic heterocycles. The van der Waals surface area contributed by atoms with Gasteiger partial charge >= 0.3 is 16.2 Å². The number of fused-ring (bicyclic) bond motifs is 10. The van der Waals surface area contributed by atoms with Crippen LogP contribution in [0.4, 0.5) is 0 Å². The van der Waals surface area contributed by atoms with E-state index in [-0.39, 0.29) is 35.0 Å². The number of aromatic nitrogens is 8. The van der Waals surface area contributed by atoms with E-state index in [4.69, 9.17) is 0 Å². The lowest BCUT2D eigenvalue weighted by Gasteiger charge is -2.32. The molecule has 0 atom stereocenters.